The van der Waals surface area contributed by atoms with Gasteiger partial charge in [0.2, 0.25) is 0 Å². The molecular weight excluding hydrogens is 80.0 g/mol. The molecule has 0 aromatic rings. The number of rotatable bonds is 0. The first-order valence-electron chi connectivity index (χ1n) is 1.50. The summed E-state index contributed by atoms with van der Waals surface area (Å²) in [6, 6.07) is -0.0324. The van der Waals surface area contributed by atoms with E-state index in [1.165, 1.54) is 12.5 Å². The zero-order valence-corrected chi connectivity index (χ0v) is 3.01. The van der Waals surface area contributed by atoms with E-state index in [1.54, 1.807) is 0 Å². The Morgan fingerprint density at radius 1 is 1.83 bits per heavy atom. The van der Waals surface area contributed by atoms with Gasteiger partial charge < -0.3 is 4.74 Å². The quantitative estimate of drug-likeness (QED) is 0.441. The van der Waals surface area contributed by atoms with E-state index < -0.39 is 0 Å². The Labute approximate surface area is 35.1 Å². The molecule has 0 aromatic heterocycles. The van der Waals surface area contributed by atoms with E-state index in [4.69, 9.17) is 5.41 Å². The zero-order chi connectivity index (χ0) is 4.41. The first-order valence-corrected chi connectivity index (χ1v) is 1.50. The molecule has 1 radical (unpaired) electrons. The van der Waals surface area contributed by atoms with Gasteiger partial charge in [-0.1, -0.05) is 0 Å². The van der Waals surface area contributed by atoms with E-state index in [1.807, 2.05) is 0 Å². The van der Waals surface area contributed by atoms with Crippen molar-refractivity contribution in [2.75, 3.05) is 0 Å². The normalized spacial score (nSPS) is 17.0. The molecule has 31 valence electrons. The van der Waals surface area contributed by atoms with Crippen molar-refractivity contribution in [3.8, 4) is 0 Å². The molecule has 6 heavy (non-hydrogen) atoms. The highest BCUT2D eigenvalue weighted by Crippen LogP contribution is 1.85. The summed E-state index contributed by atoms with van der Waals surface area (Å²) in [6.07, 6.45) is 2.80. The molecule has 0 amide bonds. The second-order valence-electron chi connectivity index (χ2n) is 0.837. The lowest BCUT2D eigenvalue weighted by Gasteiger charge is -1.82. The molecule has 0 bridgehead atoms. The average molecular weight is 83.1 g/mol. The molecule has 0 aromatic carbocycles. The summed E-state index contributed by atoms with van der Waals surface area (Å²) >= 11 is 0. The third-order valence-corrected chi connectivity index (χ3v) is 0.432. The molecule has 0 atom stereocenters. The molecule has 1 aliphatic rings. The Balaban J connectivity index is 2.52. The minimum absolute atomic E-state index is 0.0324. The van der Waals surface area contributed by atoms with Gasteiger partial charge in [0.05, 0.1) is 6.20 Å². The maximum absolute atomic E-state index is 6.60. The molecule has 3 nitrogen and oxygen atoms in total. The molecule has 1 heterocycles. The Morgan fingerprint density at radius 2 is 2.67 bits per heavy atom. The van der Waals surface area contributed by atoms with Crippen LogP contribution in [0, 0.1) is 5.41 Å². The van der Waals surface area contributed by atoms with Crippen molar-refractivity contribution in [3.63, 3.8) is 0 Å². The summed E-state index contributed by atoms with van der Waals surface area (Å²) in [6.45, 7) is 0. The second kappa shape index (κ2) is 1.01. The molecular formula is C3H3N2O. The summed E-state index contributed by atoms with van der Waals surface area (Å²) in [5.41, 5.74) is 0. The van der Waals surface area contributed by atoms with Crippen LogP contribution in [0.2, 0.25) is 0 Å². The minimum Gasteiger partial charge on any atom is -0.431 e. The summed E-state index contributed by atoms with van der Waals surface area (Å²) in [7, 11) is 0. The highest BCUT2D eigenvalue weighted by molar-refractivity contribution is 5.73. The van der Waals surface area contributed by atoms with Gasteiger partial charge >= 0.3 is 6.02 Å². The highest BCUT2D eigenvalue weighted by Gasteiger charge is 1.96. The number of hydrogen-bond donors (Lipinski definition) is 1. The average Bonchev–Trinajstić information content (AvgIpc) is 1.86. The van der Waals surface area contributed by atoms with Gasteiger partial charge in [0.15, 0.2) is 0 Å². The van der Waals surface area contributed by atoms with Crippen LogP contribution in [-0.2, 0) is 4.74 Å². The SMILES string of the molecule is N=C1[N]C=CO1. The van der Waals surface area contributed by atoms with Gasteiger partial charge in [-0.15, -0.1) is 0 Å². The fraction of sp³-hybridized carbons (Fsp3) is 0. The first kappa shape index (κ1) is 3.21. The summed E-state index contributed by atoms with van der Waals surface area (Å²) in [4.78, 5) is 0. The molecule has 0 saturated heterocycles. The van der Waals surface area contributed by atoms with Crippen molar-refractivity contribution >= 4 is 6.02 Å². The topological polar surface area (TPSA) is 47.2 Å². The molecule has 0 aliphatic carbocycles. The number of amidine groups is 1. The van der Waals surface area contributed by atoms with Crippen molar-refractivity contribution in [2.24, 2.45) is 0 Å². The van der Waals surface area contributed by atoms with Gasteiger partial charge in [-0.25, -0.2) is 10.7 Å². The van der Waals surface area contributed by atoms with Crippen molar-refractivity contribution in [1.82, 2.24) is 5.32 Å². The molecule has 1 aliphatic heterocycles. The summed E-state index contributed by atoms with van der Waals surface area (Å²) in [5, 5.41) is 10.0. The summed E-state index contributed by atoms with van der Waals surface area (Å²) < 4.78 is 4.39. The number of nitrogens with one attached hydrogen (secondary N) is 1. The lowest BCUT2D eigenvalue weighted by molar-refractivity contribution is 0.473. The Hall–Kier alpha value is -0.990. The van der Waals surface area contributed by atoms with Crippen LogP contribution >= 0.6 is 0 Å². The van der Waals surface area contributed by atoms with Crippen molar-refractivity contribution in [3.05, 3.63) is 12.5 Å². The molecule has 0 saturated carbocycles. The fourth-order valence-corrected chi connectivity index (χ4v) is 0.223. The van der Waals surface area contributed by atoms with Gasteiger partial charge in [0, 0.05) is 0 Å². The summed E-state index contributed by atoms with van der Waals surface area (Å²) in [5.74, 6) is 0. The maximum Gasteiger partial charge on any atom is 0.313 e. The van der Waals surface area contributed by atoms with E-state index >= 15 is 0 Å². The van der Waals surface area contributed by atoms with Crippen LogP contribution in [0.1, 0.15) is 0 Å². The lowest BCUT2D eigenvalue weighted by atomic mass is 11.0. The van der Waals surface area contributed by atoms with Gasteiger partial charge in [0.1, 0.15) is 6.26 Å². The number of nitrogens with zero attached hydrogens (tertiary/aromatic N) is 1. The number of ether oxygens (including phenoxy) is 1. The van der Waals surface area contributed by atoms with E-state index in [0.717, 1.165) is 0 Å². The molecule has 0 fully saturated rings. The third-order valence-electron chi connectivity index (χ3n) is 0.432. The third kappa shape index (κ3) is 0.337. The van der Waals surface area contributed by atoms with Crippen molar-refractivity contribution in [1.29, 1.82) is 5.41 Å². The monoisotopic (exact) mass is 83.0 g/mol. The van der Waals surface area contributed by atoms with Crippen LogP contribution in [0.15, 0.2) is 12.5 Å². The molecule has 0 spiro atoms. The van der Waals surface area contributed by atoms with Crippen molar-refractivity contribution < 1.29 is 4.74 Å². The van der Waals surface area contributed by atoms with Crippen LogP contribution in [0.5, 0.6) is 0 Å². The molecule has 1 rings (SSSR count). The van der Waals surface area contributed by atoms with Crippen LogP contribution < -0.4 is 5.32 Å². The molecule has 1 N–H and O–H groups in total. The smallest absolute Gasteiger partial charge is 0.313 e. The highest BCUT2D eigenvalue weighted by atomic mass is 16.5. The van der Waals surface area contributed by atoms with Crippen LogP contribution in [0.3, 0.4) is 0 Å². The van der Waals surface area contributed by atoms with Gasteiger partial charge in [-0.3, -0.25) is 0 Å². The van der Waals surface area contributed by atoms with Crippen molar-refractivity contribution in [2.45, 2.75) is 0 Å². The minimum atomic E-state index is -0.0324. The standard InChI is InChI=1S/C3H3N2O/c4-3-5-1-2-6-3/h1-2,4H. The van der Waals surface area contributed by atoms with E-state index in [2.05, 4.69) is 10.1 Å². The van der Waals surface area contributed by atoms with Gasteiger partial charge in [-0.2, -0.15) is 0 Å². The van der Waals surface area contributed by atoms with Gasteiger partial charge in [-0.05, 0) is 0 Å². The van der Waals surface area contributed by atoms with E-state index in [9.17, 15) is 0 Å². The van der Waals surface area contributed by atoms with E-state index in [-0.39, 0.29) is 6.02 Å². The van der Waals surface area contributed by atoms with E-state index in [0.29, 0.717) is 0 Å². The van der Waals surface area contributed by atoms with Crippen LogP contribution in [0.4, 0.5) is 0 Å². The Bertz CT molecular complexity index is 87.0. The number of hydrogen-bond acceptors (Lipinski definition) is 2. The molecule has 0 unspecified atom stereocenters. The predicted octanol–water partition coefficient (Wildman–Crippen LogP) is 0.0270. The lowest BCUT2D eigenvalue weighted by Crippen LogP contribution is -2.01. The largest absolute Gasteiger partial charge is 0.431 e. The first-order chi connectivity index (χ1) is 2.89. The van der Waals surface area contributed by atoms with Gasteiger partial charge in [0.25, 0.3) is 0 Å². The fourth-order valence-electron chi connectivity index (χ4n) is 0.223. The zero-order valence-electron chi connectivity index (χ0n) is 3.01. The second-order valence-corrected chi connectivity index (χ2v) is 0.837. The van der Waals surface area contributed by atoms with Crippen LogP contribution in [0.25, 0.3) is 0 Å². The Morgan fingerprint density at radius 3 is 2.83 bits per heavy atom. The Kier molecular flexibility index (Phi) is 0.538. The van der Waals surface area contributed by atoms with Crippen LogP contribution in [-0.4, -0.2) is 6.02 Å². The predicted molar refractivity (Wildman–Crippen MR) is 20.1 cm³/mol. The maximum atomic E-state index is 6.60. The molecule has 3 heteroatoms.